The van der Waals surface area contributed by atoms with Gasteiger partial charge < -0.3 is 4.57 Å². The molecule has 1 aromatic heterocycles. The van der Waals surface area contributed by atoms with Gasteiger partial charge in [0.1, 0.15) is 12.4 Å². The van der Waals surface area contributed by atoms with E-state index in [0.29, 0.717) is 6.54 Å². The van der Waals surface area contributed by atoms with Gasteiger partial charge in [0.05, 0.1) is 23.1 Å². The summed E-state index contributed by atoms with van der Waals surface area (Å²) in [6, 6.07) is 10.3. The van der Waals surface area contributed by atoms with Crippen LogP contribution in [0.5, 0.6) is 0 Å². The Morgan fingerprint density at radius 2 is 2.12 bits per heavy atom. The maximum absolute atomic E-state index is 8.93. The van der Waals surface area contributed by atoms with Crippen molar-refractivity contribution in [3.05, 3.63) is 30.1 Å². The molecular formula is C13H16N4. The van der Waals surface area contributed by atoms with Gasteiger partial charge in [-0.1, -0.05) is 12.1 Å². The molecule has 0 amide bonds. The molecule has 0 aliphatic rings. The fourth-order valence-corrected chi connectivity index (χ4v) is 1.88. The Morgan fingerprint density at radius 3 is 2.76 bits per heavy atom. The van der Waals surface area contributed by atoms with Gasteiger partial charge in [0.2, 0.25) is 0 Å². The Kier molecular flexibility index (Phi) is 3.12. The van der Waals surface area contributed by atoms with E-state index in [0.717, 1.165) is 16.9 Å². The predicted molar refractivity (Wildman–Crippen MR) is 67.4 cm³/mol. The summed E-state index contributed by atoms with van der Waals surface area (Å²) < 4.78 is 1.99. The standard InChI is InChI=1S/C13H16N4/c1-10(16(2)3)13-15-11-6-4-5-7-12(11)17(13)9-8-14/h4-7,10H,9H2,1-3H3. The van der Waals surface area contributed by atoms with Gasteiger partial charge in [-0.3, -0.25) is 4.90 Å². The van der Waals surface area contributed by atoms with Crippen LogP contribution in [0.15, 0.2) is 24.3 Å². The highest BCUT2D eigenvalue weighted by Gasteiger charge is 2.17. The van der Waals surface area contributed by atoms with Crippen molar-refractivity contribution in [1.82, 2.24) is 14.5 Å². The number of nitriles is 1. The van der Waals surface area contributed by atoms with Crippen LogP contribution < -0.4 is 0 Å². The second kappa shape index (κ2) is 4.56. The van der Waals surface area contributed by atoms with E-state index in [1.807, 2.05) is 42.9 Å². The van der Waals surface area contributed by atoms with E-state index in [9.17, 15) is 0 Å². The molecule has 2 aromatic rings. The molecule has 17 heavy (non-hydrogen) atoms. The number of nitrogens with zero attached hydrogens (tertiary/aromatic N) is 4. The van der Waals surface area contributed by atoms with Crippen LogP contribution in [0, 0.1) is 11.3 Å². The number of imidazole rings is 1. The molecule has 0 fully saturated rings. The monoisotopic (exact) mass is 228 g/mol. The van der Waals surface area contributed by atoms with Crippen LogP contribution >= 0.6 is 0 Å². The van der Waals surface area contributed by atoms with Crippen molar-refractivity contribution in [3.8, 4) is 6.07 Å². The van der Waals surface area contributed by atoms with Crippen LogP contribution in [-0.2, 0) is 6.54 Å². The molecule has 2 rings (SSSR count). The minimum absolute atomic E-state index is 0.191. The molecule has 0 spiro atoms. The highest BCUT2D eigenvalue weighted by molar-refractivity contribution is 5.76. The van der Waals surface area contributed by atoms with Gasteiger partial charge in [-0.25, -0.2) is 4.98 Å². The average Bonchev–Trinajstić information content (AvgIpc) is 2.68. The van der Waals surface area contributed by atoms with Crippen molar-refractivity contribution < 1.29 is 0 Å². The Bertz CT molecular complexity index is 562. The van der Waals surface area contributed by atoms with Crippen LogP contribution in [0.1, 0.15) is 18.8 Å². The Morgan fingerprint density at radius 1 is 1.41 bits per heavy atom. The fraction of sp³-hybridized carbons (Fsp3) is 0.385. The molecule has 0 N–H and O–H groups in total. The van der Waals surface area contributed by atoms with Gasteiger partial charge in [-0.05, 0) is 33.2 Å². The number of benzene rings is 1. The first-order chi connectivity index (χ1) is 8.15. The van der Waals surface area contributed by atoms with E-state index in [1.165, 1.54) is 0 Å². The van der Waals surface area contributed by atoms with Crippen molar-refractivity contribution in [2.75, 3.05) is 14.1 Å². The lowest BCUT2D eigenvalue weighted by Gasteiger charge is -2.19. The predicted octanol–water partition coefficient (Wildman–Crippen LogP) is 2.18. The van der Waals surface area contributed by atoms with Gasteiger partial charge in [0, 0.05) is 0 Å². The van der Waals surface area contributed by atoms with E-state index in [1.54, 1.807) is 0 Å². The van der Waals surface area contributed by atoms with Crippen molar-refractivity contribution >= 4 is 11.0 Å². The molecule has 0 saturated carbocycles. The smallest absolute Gasteiger partial charge is 0.127 e. The second-order valence-electron chi connectivity index (χ2n) is 4.34. The highest BCUT2D eigenvalue weighted by Crippen LogP contribution is 2.22. The van der Waals surface area contributed by atoms with E-state index in [-0.39, 0.29) is 6.04 Å². The number of hydrogen-bond acceptors (Lipinski definition) is 3. The molecule has 4 nitrogen and oxygen atoms in total. The van der Waals surface area contributed by atoms with E-state index in [2.05, 4.69) is 22.9 Å². The molecule has 1 aromatic carbocycles. The highest BCUT2D eigenvalue weighted by atomic mass is 15.2. The third kappa shape index (κ3) is 2.02. The quantitative estimate of drug-likeness (QED) is 0.808. The average molecular weight is 228 g/mol. The lowest BCUT2D eigenvalue weighted by Crippen LogP contribution is -2.20. The maximum atomic E-state index is 8.93. The summed E-state index contributed by atoms with van der Waals surface area (Å²) in [5, 5.41) is 8.93. The maximum Gasteiger partial charge on any atom is 0.127 e. The largest absolute Gasteiger partial charge is 0.313 e. The van der Waals surface area contributed by atoms with Crippen LogP contribution in [-0.4, -0.2) is 28.5 Å². The summed E-state index contributed by atoms with van der Waals surface area (Å²) in [4.78, 5) is 6.71. The minimum Gasteiger partial charge on any atom is -0.313 e. The van der Waals surface area contributed by atoms with E-state index < -0.39 is 0 Å². The topological polar surface area (TPSA) is 44.9 Å². The van der Waals surface area contributed by atoms with Gasteiger partial charge in [-0.15, -0.1) is 0 Å². The molecule has 88 valence electrons. The molecule has 0 radical (unpaired) electrons. The minimum atomic E-state index is 0.191. The molecule has 1 heterocycles. The first-order valence-corrected chi connectivity index (χ1v) is 5.63. The first-order valence-electron chi connectivity index (χ1n) is 5.63. The van der Waals surface area contributed by atoms with Crippen LogP contribution in [0.4, 0.5) is 0 Å². The number of para-hydroxylation sites is 2. The van der Waals surface area contributed by atoms with Crippen LogP contribution in [0.25, 0.3) is 11.0 Å². The summed E-state index contributed by atoms with van der Waals surface area (Å²) in [5.74, 6) is 0.942. The molecule has 0 saturated heterocycles. The number of rotatable bonds is 3. The summed E-state index contributed by atoms with van der Waals surface area (Å²) >= 11 is 0. The normalized spacial score (nSPS) is 12.9. The van der Waals surface area contributed by atoms with E-state index in [4.69, 9.17) is 5.26 Å². The SMILES string of the molecule is CC(c1nc2ccccc2n1CC#N)N(C)C. The van der Waals surface area contributed by atoms with Gasteiger partial charge in [0.25, 0.3) is 0 Å². The van der Waals surface area contributed by atoms with Crippen molar-refractivity contribution in [3.63, 3.8) is 0 Å². The number of fused-ring (bicyclic) bond motifs is 1. The van der Waals surface area contributed by atoms with Crippen molar-refractivity contribution in [2.24, 2.45) is 0 Å². The number of hydrogen-bond donors (Lipinski definition) is 0. The summed E-state index contributed by atoms with van der Waals surface area (Å²) in [5.41, 5.74) is 1.98. The second-order valence-corrected chi connectivity index (χ2v) is 4.34. The molecule has 0 bridgehead atoms. The van der Waals surface area contributed by atoms with Gasteiger partial charge >= 0.3 is 0 Å². The Balaban J connectivity index is 2.62. The zero-order valence-electron chi connectivity index (χ0n) is 10.4. The molecular weight excluding hydrogens is 212 g/mol. The number of aromatic nitrogens is 2. The summed E-state index contributed by atoms with van der Waals surface area (Å²) in [7, 11) is 4.03. The molecule has 0 aliphatic carbocycles. The Hall–Kier alpha value is -1.86. The zero-order chi connectivity index (χ0) is 12.4. The van der Waals surface area contributed by atoms with Crippen molar-refractivity contribution in [1.29, 1.82) is 5.26 Å². The van der Waals surface area contributed by atoms with E-state index >= 15 is 0 Å². The third-order valence-corrected chi connectivity index (χ3v) is 3.06. The lowest BCUT2D eigenvalue weighted by atomic mass is 10.3. The van der Waals surface area contributed by atoms with Crippen molar-refractivity contribution in [2.45, 2.75) is 19.5 Å². The van der Waals surface area contributed by atoms with Gasteiger partial charge in [0.15, 0.2) is 0 Å². The third-order valence-electron chi connectivity index (χ3n) is 3.06. The molecule has 4 heteroatoms. The lowest BCUT2D eigenvalue weighted by molar-refractivity contribution is 0.303. The fourth-order valence-electron chi connectivity index (χ4n) is 1.88. The first kappa shape index (κ1) is 11.6. The molecule has 0 aliphatic heterocycles. The summed E-state index contributed by atoms with van der Waals surface area (Å²) in [6.45, 7) is 2.43. The van der Waals surface area contributed by atoms with Gasteiger partial charge in [-0.2, -0.15) is 5.26 Å². The van der Waals surface area contributed by atoms with Crippen LogP contribution in [0.3, 0.4) is 0 Å². The zero-order valence-corrected chi connectivity index (χ0v) is 10.4. The molecule has 1 unspecified atom stereocenters. The Labute approximate surface area is 101 Å². The van der Waals surface area contributed by atoms with Crippen LogP contribution in [0.2, 0.25) is 0 Å². The summed E-state index contributed by atoms with van der Waals surface area (Å²) in [6.07, 6.45) is 0. The molecule has 1 atom stereocenters.